The highest BCUT2D eigenvalue weighted by Crippen LogP contribution is 2.26. The van der Waals surface area contributed by atoms with Crippen LogP contribution in [0.1, 0.15) is 36.8 Å². The number of halogens is 2. The molecule has 20 heavy (non-hydrogen) atoms. The fourth-order valence-electron chi connectivity index (χ4n) is 1.49. The van der Waals surface area contributed by atoms with E-state index in [9.17, 15) is 4.79 Å². The molecule has 2 aromatic heterocycles. The van der Waals surface area contributed by atoms with E-state index >= 15 is 0 Å². The zero-order valence-electron chi connectivity index (χ0n) is 11.2. The molecule has 0 atom stereocenters. The Hall–Kier alpha value is -0.980. The summed E-state index contributed by atoms with van der Waals surface area (Å²) in [5.41, 5.74) is 1.07. The van der Waals surface area contributed by atoms with Crippen LogP contribution < -0.4 is 5.32 Å². The van der Waals surface area contributed by atoms with E-state index in [1.54, 1.807) is 18.3 Å². The predicted octanol–water partition coefficient (Wildman–Crippen LogP) is 4.50. The number of nitrogens with one attached hydrogen (secondary N) is 1. The third kappa shape index (κ3) is 3.77. The molecule has 0 aliphatic carbocycles. The summed E-state index contributed by atoms with van der Waals surface area (Å²) in [6.45, 7) is 6.06. The van der Waals surface area contributed by atoms with Crippen molar-refractivity contribution in [3.8, 4) is 0 Å². The van der Waals surface area contributed by atoms with Crippen LogP contribution in [0.15, 0.2) is 22.1 Å². The maximum atomic E-state index is 12.2. The molecule has 106 valence electrons. The maximum absolute atomic E-state index is 12.2. The van der Waals surface area contributed by atoms with Gasteiger partial charge < -0.3 is 0 Å². The number of pyridine rings is 1. The van der Waals surface area contributed by atoms with Crippen LogP contribution in [0.25, 0.3) is 0 Å². The van der Waals surface area contributed by atoms with Crippen molar-refractivity contribution >= 4 is 49.9 Å². The van der Waals surface area contributed by atoms with Gasteiger partial charge in [0.15, 0.2) is 5.13 Å². The van der Waals surface area contributed by atoms with E-state index in [1.165, 1.54) is 11.3 Å². The molecule has 0 saturated heterocycles. The fourth-order valence-corrected chi connectivity index (χ4v) is 2.80. The third-order valence-corrected chi connectivity index (χ3v) is 4.11. The van der Waals surface area contributed by atoms with Gasteiger partial charge in [-0.1, -0.05) is 43.7 Å². The molecule has 0 aliphatic heterocycles. The molecule has 0 aromatic carbocycles. The maximum Gasteiger partial charge on any atom is 0.257 e. The van der Waals surface area contributed by atoms with E-state index in [2.05, 4.69) is 31.2 Å². The minimum Gasteiger partial charge on any atom is -0.298 e. The standard InChI is InChI=1S/C13H13BrClN3OS/c1-13(2,3)8-4-7(5-10(15)17-8)11(19)18-12-16-6-9(14)20-12/h4-6H,1-3H3,(H,16,18,19). The van der Waals surface area contributed by atoms with E-state index < -0.39 is 0 Å². The number of nitrogens with zero attached hydrogens (tertiary/aromatic N) is 2. The fraction of sp³-hybridized carbons (Fsp3) is 0.308. The van der Waals surface area contributed by atoms with Crippen molar-refractivity contribution in [1.82, 2.24) is 9.97 Å². The highest BCUT2D eigenvalue weighted by Gasteiger charge is 2.19. The van der Waals surface area contributed by atoms with Gasteiger partial charge >= 0.3 is 0 Å². The molecule has 0 aliphatic rings. The van der Waals surface area contributed by atoms with Crippen molar-refractivity contribution in [2.24, 2.45) is 0 Å². The van der Waals surface area contributed by atoms with Crippen LogP contribution in [0, 0.1) is 0 Å². The van der Waals surface area contributed by atoms with Gasteiger partial charge in [-0.2, -0.15) is 0 Å². The number of thiazole rings is 1. The highest BCUT2D eigenvalue weighted by molar-refractivity contribution is 9.11. The van der Waals surface area contributed by atoms with Crippen LogP contribution in [-0.4, -0.2) is 15.9 Å². The number of rotatable bonds is 2. The van der Waals surface area contributed by atoms with Crippen molar-refractivity contribution in [1.29, 1.82) is 0 Å². The number of anilines is 1. The zero-order valence-corrected chi connectivity index (χ0v) is 14.4. The number of carbonyl (C=O) groups is 1. The second-order valence-corrected chi connectivity index (χ2v) is 8.03. The Kier molecular flexibility index (Phi) is 4.46. The van der Waals surface area contributed by atoms with Gasteiger partial charge in [0.05, 0.1) is 9.98 Å². The van der Waals surface area contributed by atoms with Crippen LogP contribution in [0.2, 0.25) is 5.15 Å². The Balaban J connectivity index is 2.28. The van der Waals surface area contributed by atoms with E-state index in [1.807, 2.05) is 20.8 Å². The van der Waals surface area contributed by atoms with E-state index in [-0.39, 0.29) is 11.3 Å². The molecule has 0 spiro atoms. The van der Waals surface area contributed by atoms with Crippen molar-refractivity contribution in [3.63, 3.8) is 0 Å². The van der Waals surface area contributed by atoms with Crippen LogP contribution in [0.4, 0.5) is 5.13 Å². The molecule has 4 nitrogen and oxygen atoms in total. The normalized spacial score (nSPS) is 11.4. The van der Waals surface area contributed by atoms with Gasteiger partial charge in [-0.25, -0.2) is 9.97 Å². The van der Waals surface area contributed by atoms with Crippen molar-refractivity contribution < 1.29 is 4.79 Å². The van der Waals surface area contributed by atoms with Crippen molar-refractivity contribution in [2.45, 2.75) is 26.2 Å². The van der Waals surface area contributed by atoms with Gasteiger partial charge in [0.25, 0.3) is 5.91 Å². The van der Waals surface area contributed by atoms with Crippen molar-refractivity contribution in [3.05, 3.63) is 38.5 Å². The SMILES string of the molecule is CC(C)(C)c1cc(C(=O)Nc2ncc(Br)s2)cc(Cl)n1. The highest BCUT2D eigenvalue weighted by atomic mass is 79.9. The first-order valence-corrected chi connectivity index (χ1v) is 7.85. The topological polar surface area (TPSA) is 54.9 Å². The molecule has 1 amide bonds. The lowest BCUT2D eigenvalue weighted by Gasteiger charge is -2.18. The Morgan fingerprint density at radius 2 is 2.10 bits per heavy atom. The quantitative estimate of drug-likeness (QED) is 0.787. The Bertz CT molecular complexity index is 651. The summed E-state index contributed by atoms with van der Waals surface area (Å²) >= 11 is 10.6. The largest absolute Gasteiger partial charge is 0.298 e. The monoisotopic (exact) mass is 373 g/mol. The summed E-state index contributed by atoms with van der Waals surface area (Å²) < 4.78 is 0.857. The van der Waals surface area contributed by atoms with Crippen molar-refractivity contribution in [2.75, 3.05) is 5.32 Å². The molecule has 0 fully saturated rings. The van der Waals surface area contributed by atoms with Gasteiger partial charge in [0.2, 0.25) is 0 Å². The van der Waals surface area contributed by atoms with E-state index in [4.69, 9.17) is 11.6 Å². The second-order valence-electron chi connectivity index (χ2n) is 5.24. The Morgan fingerprint density at radius 1 is 1.40 bits per heavy atom. The lowest BCUT2D eigenvalue weighted by molar-refractivity contribution is 0.102. The molecule has 2 heterocycles. The molecule has 2 rings (SSSR count). The average Bonchev–Trinajstić information content (AvgIpc) is 2.72. The average molecular weight is 375 g/mol. The number of hydrogen-bond donors (Lipinski definition) is 1. The van der Waals surface area contributed by atoms with Gasteiger partial charge in [0, 0.05) is 16.7 Å². The molecule has 7 heteroatoms. The predicted molar refractivity (Wildman–Crippen MR) is 85.7 cm³/mol. The molecule has 0 unspecified atom stereocenters. The molecule has 0 radical (unpaired) electrons. The molecule has 2 aromatic rings. The minimum atomic E-state index is -0.248. The summed E-state index contributed by atoms with van der Waals surface area (Å²) in [4.78, 5) is 20.5. The number of hydrogen-bond acceptors (Lipinski definition) is 4. The van der Waals surface area contributed by atoms with Crippen LogP contribution in [-0.2, 0) is 5.41 Å². The van der Waals surface area contributed by atoms with Gasteiger partial charge in [-0.3, -0.25) is 10.1 Å². The second kappa shape index (κ2) is 5.79. The van der Waals surface area contributed by atoms with Gasteiger partial charge in [0.1, 0.15) is 5.15 Å². The Labute approximate surface area is 134 Å². The molecular weight excluding hydrogens is 362 g/mol. The van der Waals surface area contributed by atoms with Gasteiger partial charge in [-0.15, -0.1) is 0 Å². The molecule has 0 bridgehead atoms. The molecule has 0 saturated carbocycles. The van der Waals surface area contributed by atoms with E-state index in [0.29, 0.717) is 15.8 Å². The summed E-state index contributed by atoms with van der Waals surface area (Å²) in [5.74, 6) is -0.248. The van der Waals surface area contributed by atoms with Crippen LogP contribution >= 0.6 is 38.9 Å². The minimum absolute atomic E-state index is 0.176. The van der Waals surface area contributed by atoms with E-state index in [0.717, 1.165) is 9.48 Å². The summed E-state index contributed by atoms with van der Waals surface area (Å²) in [6, 6.07) is 3.30. The molecule has 1 N–H and O–H groups in total. The summed E-state index contributed by atoms with van der Waals surface area (Å²) in [7, 11) is 0. The number of aromatic nitrogens is 2. The molecular formula is C13H13BrClN3OS. The lowest BCUT2D eigenvalue weighted by atomic mass is 9.91. The van der Waals surface area contributed by atoms with Gasteiger partial charge in [-0.05, 0) is 28.1 Å². The first-order chi connectivity index (χ1) is 9.25. The van der Waals surface area contributed by atoms with Crippen LogP contribution in [0.5, 0.6) is 0 Å². The first kappa shape index (κ1) is 15.4. The summed E-state index contributed by atoms with van der Waals surface area (Å²) in [6.07, 6.45) is 1.64. The number of carbonyl (C=O) groups excluding carboxylic acids is 1. The summed E-state index contributed by atoms with van der Waals surface area (Å²) in [5, 5.41) is 3.58. The first-order valence-electron chi connectivity index (χ1n) is 5.86. The van der Waals surface area contributed by atoms with Crippen LogP contribution in [0.3, 0.4) is 0 Å². The lowest BCUT2D eigenvalue weighted by Crippen LogP contribution is -2.17. The number of amides is 1. The Morgan fingerprint density at radius 3 is 2.65 bits per heavy atom. The zero-order chi connectivity index (χ0) is 14.9. The third-order valence-electron chi connectivity index (χ3n) is 2.52. The smallest absolute Gasteiger partial charge is 0.257 e.